The summed E-state index contributed by atoms with van der Waals surface area (Å²) < 4.78 is 11.3. The number of benzene rings is 1. The molecule has 1 aromatic rings. The van der Waals surface area contributed by atoms with Gasteiger partial charge >= 0.3 is 5.97 Å². The molecule has 2 aliphatic rings. The first kappa shape index (κ1) is 18.2. The first-order valence-electron chi connectivity index (χ1n) is 9.18. The Hall–Kier alpha value is -1.63. The van der Waals surface area contributed by atoms with Crippen molar-refractivity contribution in [2.24, 2.45) is 5.92 Å². The lowest BCUT2D eigenvalue weighted by molar-refractivity contribution is -0.143. The molecule has 2 aliphatic heterocycles. The number of nitrogens with zero attached hydrogens (tertiary/aromatic N) is 2. The number of likely N-dealkylation sites (tertiary alicyclic amines) is 1. The molecule has 0 aromatic heterocycles. The molecule has 1 aromatic carbocycles. The van der Waals surface area contributed by atoms with E-state index in [0.717, 1.165) is 64.5 Å². The van der Waals surface area contributed by atoms with Crippen molar-refractivity contribution in [2.45, 2.75) is 19.4 Å². The van der Waals surface area contributed by atoms with Crippen molar-refractivity contribution in [3.63, 3.8) is 0 Å². The molecular formula is C19H28N2O4. The molecule has 0 bridgehead atoms. The van der Waals surface area contributed by atoms with Crippen molar-refractivity contribution in [3.8, 4) is 5.75 Å². The summed E-state index contributed by atoms with van der Waals surface area (Å²) in [5, 5.41) is 9.21. The molecule has 2 saturated heterocycles. The SMILES string of the molecule is O=C(O)[C@H]1CCCN(Cc2cccc(OCCN3CCOCC3)c2)C1. The second-order valence-corrected chi connectivity index (χ2v) is 6.86. The van der Waals surface area contributed by atoms with E-state index in [0.29, 0.717) is 13.2 Å². The van der Waals surface area contributed by atoms with Crippen molar-refractivity contribution < 1.29 is 19.4 Å². The van der Waals surface area contributed by atoms with E-state index in [9.17, 15) is 9.90 Å². The lowest BCUT2D eigenvalue weighted by atomic mass is 9.98. The molecule has 25 heavy (non-hydrogen) atoms. The smallest absolute Gasteiger partial charge is 0.307 e. The molecule has 6 heteroatoms. The maximum atomic E-state index is 11.2. The van der Waals surface area contributed by atoms with Gasteiger partial charge in [-0.2, -0.15) is 0 Å². The highest BCUT2D eigenvalue weighted by Gasteiger charge is 2.25. The zero-order valence-electron chi connectivity index (χ0n) is 14.7. The summed E-state index contributed by atoms with van der Waals surface area (Å²) in [6.45, 7) is 7.54. The standard InChI is InChI=1S/C19H28N2O4/c22-19(23)17-4-2-6-21(15-17)14-16-3-1-5-18(13-16)25-12-9-20-7-10-24-11-8-20/h1,3,5,13,17H,2,4,6-12,14-15H2,(H,22,23)/t17-/m0/s1. The molecule has 0 unspecified atom stereocenters. The highest BCUT2D eigenvalue weighted by molar-refractivity contribution is 5.70. The predicted molar refractivity (Wildman–Crippen MR) is 94.8 cm³/mol. The molecule has 0 spiro atoms. The van der Waals surface area contributed by atoms with Crippen LogP contribution < -0.4 is 4.74 Å². The molecule has 1 atom stereocenters. The number of piperidine rings is 1. The van der Waals surface area contributed by atoms with Crippen LogP contribution in [0.2, 0.25) is 0 Å². The quantitative estimate of drug-likeness (QED) is 0.809. The number of carboxylic acid groups (broad SMARTS) is 1. The van der Waals surface area contributed by atoms with Crippen LogP contribution in [0.1, 0.15) is 18.4 Å². The zero-order valence-corrected chi connectivity index (χ0v) is 14.7. The summed E-state index contributed by atoms with van der Waals surface area (Å²) in [6, 6.07) is 8.15. The normalized spacial score (nSPS) is 22.6. The van der Waals surface area contributed by atoms with Crippen LogP contribution in [0.5, 0.6) is 5.75 Å². The Balaban J connectivity index is 1.46. The topological polar surface area (TPSA) is 62.2 Å². The molecule has 0 saturated carbocycles. The Bertz CT molecular complexity index is 560. The van der Waals surface area contributed by atoms with Gasteiger partial charge in [0, 0.05) is 32.7 Å². The highest BCUT2D eigenvalue weighted by atomic mass is 16.5. The Morgan fingerprint density at radius 1 is 1.24 bits per heavy atom. The number of hydrogen-bond acceptors (Lipinski definition) is 5. The molecular weight excluding hydrogens is 320 g/mol. The van der Waals surface area contributed by atoms with Gasteiger partial charge in [-0.25, -0.2) is 0 Å². The van der Waals surface area contributed by atoms with Gasteiger partial charge in [-0.05, 0) is 37.1 Å². The highest BCUT2D eigenvalue weighted by Crippen LogP contribution is 2.20. The van der Waals surface area contributed by atoms with Crippen LogP contribution in [-0.2, 0) is 16.1 Å². The van der Waals surface area contributed by atoms with Gasteiger partial charge in [0.25, 0.3) is 0 Å². The number of morpholine rings is 1. The fourth-order valence-corrected chi connectivity index (χ4v) is 3.51. The van der Waals surface area contributed by atoms with E-state index in [4.69, 9.17) is 9.47 Å². The van der Waals surface area contributed by atoms with Crippen molar-refractivity contribution in [1.29, 1.82) is 0 Å². The van der Waals surface area contributed by atoms with E-state index in [2.05, 4.69) is 21.9 Å². The third-order valence-electron chi connectivity index (χ3n) is 4.94. The third-order valence-corrected chi connectivity index (χ3v) is 4.94. The number of aliphatic carboxylic acids is 1. The molecule has 1 N–H and O–H groups in total. The van der Waals surface area contributed by atoms with Crippen LogP contribution in [0.15, 0.2) is 24.3 Å². The van der Waals surface area contributed by atoms with Gasteiger partial charge in [-0.3, -0.25) is 14.6 Å². The van der Waals surface area contributed by atoms with Gasteiger partial charge in [0.15, 0.2) is 0 Å². The average Bonchev–Trinajstić information content (AvgIpc) is 2.63. The van der Waals surface area contributed by atoms with Gasteiger partial charge < -0.3 is 14.6 Å². The summed E-state index contributed by atoms with van der Waals surface area (Å²) in [7, 11) is 0. The van der Waals surface area contributed by atoms with Crippen molar-refractivity contribution in [1.82, 2.24) is 9.80 Å². The van der Waals surface area contributed by atoms with E-state index in [-0.39, 0.29) is 5.92 Å². The summed E-state index contributed by atoms with van der Waals surface area (Å²) >= 11 is 0. The second-order valence-electron chi connectivity index (χ2n) is 6.86. The molecule has 2 heterocycles. The van der Waals surface area contributed by atoms with Crippen LogP contribution in [0.4, 0.5) is 0 Å². The molecule has 0 aliphatic carbocycles. The summed E-state index contributed by atoms with van der Waals surface area (Å²) in [5.41, 5.74) is 1.18. The lowest BCUT2D eigenvalue weighted by Gasteiger charge is -2.30. The summed E-state index contributed by atoms with van der Waals surface area (Å²) in [6.07, 6.45) is 1.74. The van der Waals surface area contributed by atoms with Crippen LogP contribution >= 0.6 is 0 Å². The van der Waals surface area contributed by atoms with Crippen LogP contribution in [0, 0.1) is 5.92 Å². The fraction of sp³-hybridized carbons (Fsp3) is 0.632. The van der Waals surface area contributed by atoms with Crippen LogP contribution in [-0.4, -0.2) is 73.4 Å². The van der Waals surface area contributed by atoms with Gasteiger partial charge in [-0.1, -0.05) is 12.1 Å². The van der Waals surface area contributed by atoms with E-state index in [1.165, 1.54) is 5.56 Å². The molecule has 3 rings (SSSR count). The Morgan fingerprint density at radius 3 is 2.88 bits per heavy atom. The Kier molecular flexibility index (Phi) is 6.67. The number of hydrogen-bond donors (Lipinski definition) is 1. The summed E-state index contributed by atoms with van der Waals surface area (Å²) in [4.78, 5) is 15.8. The first-order valence-corrected chi connectivity index (χ1v) is 9.18. The molecule has 0 radical (unpaired) electrons. The number of carbonyl (C=O) groups is 1. The molecule has 0 amide bonds. The van der Waals surface area contributed by atoms with Crippen LogP contribution in [0.3, 0.4) is 0 Å². The van der Waals surface area contributed by atoms with Crippen molar-refractivity contribution >= 4 is 5.97 Å². The maximum Gasteiger partial charge on any atom is 0.307 e. The number of carboxylic acids is 1. The van der Waals surface area contributed by atoms with E-state index in [1.807, 2.05) is 12.1 Å². The molecule has 2 fully saturated rings. The minimum atomic E-state index is -0.676. The lowest BCUT2D eigenvalue weighted by Crippen LogP contribution is -2.38. The summed E-state index contributed by atoms with van der Waals surface area (Å²) in [5.74, 6) is -0.0239. The average molecular weight is 348 g/mol. The minimum absolute atomic E-state index is 0.235. The fourth-order valence-electron chi connectivity index (χ4n) is 3.51. The van der Waals surface area contributed by atoms with Crippen molar-refractivity contribution in [2.75, 3.05) is 52.5 Å². The molecule has 6 nitrogen and oxygen atoms in total. The van der Waals surface area contributed by atoms with E-state index < -0.39 is 5.97 Å². The first-order chi connectivity index (χ1) is 12.2. The maximum absolute atomic E-state index is 11.2. The number of ether oxygens (including phenoxy) is 2. The zero-order chi connectivity index (χ0) is 17.5. The minimum Gasteiger partial charge on any atom is -0.492 e. The second kappa shape index (κ2) is 9.17. The Labute approximate surface area is 149 Å². The Morgan fingerprint density at radius 2 is 2.08 bits per heavy atom. The monoisotopic (exact) mass is 348 g/mol. The van der Waals surface area contributed by atoms with Gasteiger partial charge in [0.1, 0.15) is 12.4 Å². The third kappa shape index (κ3) is 5.70. The van der Waals surface area contributed by atoms with Crippen LogP contribution in [0.25, 0.3) is 0 Å². The van der Waals surface area contributed by atoms with Gasteiger partial charge in [0.05, 0.1) is 19.1 Å². The van der Waals surface area contributed by atoms with Gasteiger partial charge in [-0.15, -0.1) is 0 Å². The van der Waals surface area contributed by atoms with E-state index >= 15 is 0 Å². The van der Waals surface area contributed by atoms with Gasteiger partial charge in [0.2, 0.25) is 0 Å². The number of rotatable bonds is 7. The predicted octanol–water partition coefficient (Wildman–Crippen LogP) is 1.69. The largest absolute Gasteiger partial charge is 0.492 e. The van der Waals surface area contributed by atoms with Crippen molar-refractivity contribution in [3.05, 3.63) is 29.8 Å². The van der Waals surface area contributed by atoms with E-state index in [1.54, 1.807) is 0 Å². The molecule has 138 valence electrons.